The van der Waals surface area contributed by atoms with E-state index in [9.17, 15) is 0 Å². The summed E-state index contributed by atoms with van der Waals surface area (Å²) in [5.74, 6) is 4.21. The van der Waals surface area contributed by atoms with Crippen molar-refractivity contribution in [2.24, 2.45) is 11.8 Å². The third-order valence-electron chi connectivity index (χ3n) is 9.39. The smallest absolute Gasteiger partial charge is 0.159 e. The summed E-state index contributed by atoms with van der Waals surface area (Å²) in [6.07, 6.45) is 29.4. The SMILES string of the molecule is CCCCCCCCC[C@H]1CC[C@H](c2cnc(-c3ccc([C@H]4CC[C@H](CCC)CC4)cc3)nc2)CC1. The molecule has 2 aromatic rings. The van der Waals surface area contributed by atoms with Crippen LogP contribution < -0.4 is 0 Å². The second-order valence-electron chi connectivity index (χ2n) is 12.1. The van der Waals surface area contributed by atoms with Crippen molar-refractivity contribution in [2.75, 3.05) is 0 Å². The fourth-order valence-corrected chi connectivity index (χ4v) is 6.97. The molecule has 0 atom stereocenters. The molecule has 36 heavy (non-hydrogen) atoms. The molecule has 1 aromatic carbocycles. The molecule has 2 heteroatoms. The molecule has 0 unspecified atom stereocenters. The highest BCUT2D eigenvalue weighted by Gasteiger charge is 2.23. The molecule has 0 N–H and O–H groups in total. The van der Waals surface area contributed by atoms with Crippen molar-refractivity contribution in [2.45, 2.75) is 141 Å². The topological polar surface area (TPSA) is 25.8 Å². The molecule has 198 valence electrons. The molecular weight excluding hydrogens is 436 g/mol. The standard InChI is InChI=1S/C34H52N2/c1-3-5-6-7-8-9-10-12-28-15-19-31(20-16-28)33-25-35-34(36-26-33)32-23-21-30(22-24-32)29-17-13-27(11-4-2)14-18-29/h21-29,31H,3-20H2,1-2H3/t27-,28-,29-,31-. The lowest BCUT2D eigenvalue weighted by molar-refractivity contribution is 0.301. The van der Waals surface area contributed by atoms with Gasteiger partial charge in [-0.05, 0) is 86.2 Å². The van der Waals surface area contributed by atoms with Crippen LogP contribution in [0.25, 0.3) is 11.4 Å². The van der Waals surface area contributed by atoms with E-state index in [-0.39, 0.29) is 0 Å². The number of nitrogens with zero attached hydrogens (tertiary/aromatic N) is 2. The molecule has 0 saturated heterocycles. The van der Waals surface area contributed by atoms with Gasteiger partial charge in [0.1, 0.15) is 0 Å². The molecule has 0 bridgehead atoms. The molecule has 1 heterocycles. The molecular formula is C34H52N2. The normalized spacial score (nSPS) is 24.6. The van der Waals surface area contributed by atoms with E-state index >= 15 is 0 Å². The first-order valence-corrected chi connectivity index (χ1v) is 15.7. The molecule has 2 aliphatic carbocycles. The summed E-state index contributed by atoms with van der Waals surface area (Å²) < 4.78 is 0. The molecule has 0 aliphatic heterocycles. The summed E-state index contributed by atoms with van der Waals surface area (Å²) in [5, 5.41) is 0. The number of unbranched alkanes of at least 4 members (excludes halogenated alkanes) is 6. The van der Waals surface area contributed by atoms with Crippen molar-refractivity contribution in [3.8, 4) is 11.4 Å². The third kappa shape index (κ3) is 8.15. The van der Waals surface area contributed by atoms with Crippen LogP contribution >= 0.6 is 0 Å². The highest BCUT2D eigenvalue weighted by molar-refractivity contribution is 5.55. The predicted octanol–water partition coefficient (Wildman–Crippen LogP) is 10.6. The number of benzene rings is 1. The van der Waals surface area contributed by atoms with E-state index in [2.05, 4.69) is 50.5 Å². The fraction of sp³-hybridized carbons (Fsp3) is 0.706. The molecule has 0 amide bonds. The van der Waals surface area contributed by atoms with Crippen LogP contribution in [0.5, 0.6) is 0 Å². The highest BCUT2D eigenvalue weighted by atomic mass is 14.9. The number of rotatable bonds is 13. The van der Waals surface area contributed by atoms with E-state index in [0.717, 1.165) is 29.1 Å². The van der Waals surface area contributed by atoms with Gasteiger partial charge < -0.3 is 0 Å². The highest BCUT2D eigenvalue weighted by Crippen LogP contribution is 2.39. The van der Waals surface area contributed by atoms with Crippen LogP contribution in [-0.4, -0.2) is 9.97 Å². The monoisotopic (exact) mass is 488 g/mol. The van der Waals surface area contributed by atoms with Crippen LogP contribution in [0.2, 0.25) is 0 Å². The summed E-state index contributed by atoms with van der Waals surface area (Å²) >= 11 is 0. The lowest BCUT2D eigenvalue weighted by Gasteiger charge is -2.29. The third-order valence-corrected chi connectivity index (χ3v) is 9.39. The van der Waals surface area contributed by atoms with E-state index in [1.165, 1.54) is 127 Å². The second-order valence-corrected chi connectivity index (χ2v) is 12.1. The van der Waals surface area contributed by atoms with Crippen molar-refractivity contribution in [1.29, 1.82) is 0 Å². The molecule has 4 rings (SSSR count). The second kappa shape index (κ2) is 14.9. The molecule has 2 fully saturated rings. The van der Waals surface area contributed by atoms with Crippen LogP contribution in [0.4, 0.5) is 0 Å². The van der Waals surface area contributed by atoms with Crippen LogP contribution in [-0.2, 0) is 0 Å². The van der Waals surface area contributed by atoms with Gasteiger partial charge in [-0.15, -0.1) is 0 Å². The van der Waals surface area contributed by atoms with Gasteiger partial charge in [-0.2, -0.15) is 0 Å². The van der Waals surface area contributed by atoms with E-state index in [0.29, 0.717) is 5.92 Å². The first kappa shape index (κ1) is 27.3. The summed E-state index contributed by atoms with van der Waals surface area (Å²) in [4.78, 5) is 9.59. The first-order valence-electron chi connectivity index (χ1n) is 15.7. The van der Waals surface area contributed by atoms with Crippen molar-refractivity contribution in [1.82, 2.24) is 9.97 Å². The molecule has 0 radical (unpaired) electrons. The molecule has 2 nitrogen and oxygen atoms in total. The Morgan fingerprint density at radius 2 is 1.08 bits per heavy atom. The Labute approximate surface area is 222 Å². The first-order chi connectivity index (χ1) is 17.8. The minimum Gasteiger partial charge on any atom is -0.236 e. The van der Waals surface area contributed by atoms with Crippen molar-refractivity contribution < 1.29 is 0 Å². The van der Waals surface area contributed by atoms with Gasteiger partial charge in [0.05, 0.1) is 0 Å². The molecule has 2 saturated carbocycles. The number of hydrogen-bond donors (Lipinski definition) is 0. The zero-order valence-electron chi connectivity index (χ0n) is 23.4. The van der Waals surface area contributed by atoms with Crippen molar-refractivity contribution >= 4 is 0 Å². The van der Waals surface area contributed by atoms with E-state index in [1.54, 1.807) is 0 Å². The maximum absolute atomic E-state index is 4.80. The number of hydrogen-bond acceptors (Lipinski definition) is 2. The predicted molar refractivity (Wildman–Crippen MR) is 154 cm³/mol. The van der Waals surface area contributed by atoms with Gasteiger partial charge in [-0.1, -0.05) is 102 Å². The Morgan fingerprint density at radius 1 is 0.556 bits per heavy atom. The lowest BCUT2D eigenvalue weighted by atomic mass is 9.77. The van der Waals surface area contributed by atoms with Crippen molar-refractivity contribution in [3.63, 3.8) is 0 Å². The van der Waals surface area contributed by atoms with Gasteiger partial charge in [0.25, 0.3) is 0 Å². The lowest BCUT2D eigenvalue weighted by Crippen LogP contribution is -2.14. The van der Waals surface area contributed by atoms with E-state index < -0.39 is 0 Å². The Bertz CT molecular complexity index is 840. The van der Waals surface area contributed by atoms with Crippen molar-refractivity contribution in [3.05, 3.63) is 47.8 Å². The summed E-state index contributed by atoms with van der Waals surface area (Å²) in [6.45, 7) is 4.62. The summed E-state index contributed by atoms with van der Waals surface area (Å²) in [6, 6.07) is 9.17. The quantitative estimate of drug-likeness (QED) is 0.262. The fourth-order valence-electron chi connectivity index (χ4n) is 6.97. The average Bonchev–Trinajstić information content (AvgIpc) is 2.94. The van der Waals surface area contributed by atoms with Gasteiger partial charge in [0.15, 0.2) is 5.82 Å². The number of aromatic nitrogens is 2. The van der Waals surface area contributed by atoms with Crippen LogP contribution in [0.1, 0.15) is 152 Å². The summed E-state index contributed by atoms with van der Waals surface area (Å²) in [5.41, 5.74) is 4.02. The van der Waals surface area contributed by atoms with Crippen LogP contribution in [0.3, 0.4) is 0 Å². The van der Waals surface area contributed by atoms with Gasteiger partial charge in [-0.25, -0.2) is 9.97 Å². The van der Waals surface area contributed by atoms with Crippen LogP contribution in [0.15, 0.2) is 36.7 Å². The Hall–Kier alpha value is -1.70. The van der Waals surface area contributed by atoms with Crippen LogP contribution in [0, 0.1) is 11.8 Å². The van der Waals surface area contributed by atoms with E-state index in [4.69, 9.17) is 9.97 Å². The van der Waals surface area contributed by atoms with Gasteiger partial charge >= 0.3 is 0 Å². The maximum atomic E-state index is 4.80. The minimum absolute atomic E-state index is 0.662. The maximum Gasteiger partial charge on any atom is 0.159 e. The largest absolute Gasteiger partial charge is 0.236 e. The molecule has 2 aliphatic rings. The van der Waals surface area contributed by atoms with Gasteiger partial charge in [0.2, 0.25) is 0 Å². The van der Waals surface area contributed by atoms with Gasteiger partial charge in [0, 0.05) is 18.0 Å². The Balaban J connectivity index is 1.19. The molecule has 0 spiro atoms. The van der Waals surface area contributed by atoms with Gasteiger partial charge in [-0.3, -0.25) is 0 Å². The van der Waals surface area contributed by atoms with E-state index in [1.807, 2.05) is 0 Å². The minimum atomic E-state index is 0.662. The summed E-state index contributed by atoms with van der Waals surface area (Å²) in [7, 11) is 0. The average molecular weight is 489 g/mol. The zero-order chi connectivity index (χ0) is 25.0. The zero-order valence-corrected chi connectivity index (χ0v) is 23.4. The Kier molecular flexibility index (Phi) is 11.3. The molecule has 1 aromatic heterocycles. The Morgan fingerprint density at radius 3 is 1.67 bits per heavy atom.